The van der Waals surface area contributed by atoms with Gasteiger partial charge in [0.25, 0.3) is 5.56 Å². The van der Waals surface area contributed by atoms with Crippen molar-refractivity contribution in [3.8, 4) is 0 Å². The van der Waals surface area contributed by atoms with E-state index >= 15 is 4.39 Å². The lowest BCUT2D eigenvalue weighted by atomic mass is 9.87. The number of halogens is 4. The Kier molecular flexibility index (Phi) is 6.62. The van der Waals surface area contributed by atoms with Crippen molar-refractivity contribution in [2.45, 2.75) is 18.5 Å². The normalized spacial score (nSPS) is 17.9. The number of fused-ring (bicyclic) bond motifs is 1. The van der Waals surface area contributed by atoms with E-state index < -0.39 is 22.7 Å². The van der Waals surface area contributed by atoms with Gasteiger partial charge in [-0.1, -0.05) is 29.8 Å². The molecule has 4 rings (SSSR count). The van der Waals surface area contributed by atoms with E-state index in [1.165, 1.54) is 23.1 Å². The fourth-order valence-corrected chi connectivity index (χ4v) is 4.80. The van der Waals surface area contributed by atoms with Crippen LogP contribution in [0.2, 0.25) is 10.0 Å². The maximum atomic E-state index is 15.1. The predicted molar refractivity (Wildman–Crippen MR) is 126 cm³/mol. The number of hydrogen-bond acceptors (Lipinski definition) is 5. The lowest BCUT2D eigenvalue weighted by molar-refractivity contribution is -0.125. The number of hydrogen-bond donors (Lipinski definition) is 2. The van der Waals surface area contributed by atoms with Crippen LogP contribution in [-0.2, 0) is 16.9 Å². The van der Waals surface area contributed by atoms with Crippen molar-refractivity contribution in [1.82, 2.24) is 14.5 Å². The molecule has 11 heteroatoms. The summed E-state index contributed by atoms with van der Waals surface area (Å²) < 4.78 is 31.2. The Labute approximate surface area is 203 Å². The minimum Gasteiger partial charge on any atom is -0.395 e. The van der Waals surface area contributed by atoms with E-state index in [1.807, 2.05) is 0 Å². The number of nitrogens with zero attached hydrogens (tertiary/aromatic N) is 3. The van der Waals surface area contributed by atoms with Crippen molar-refractivity contribution in [2.24, 2.45) is 0 Å². The average molecular weight is 509 g/mol. The number of aliphatic hydroxyl groups is 1. The second kappa shape index (κ2) is 9.32. The summed E-state index contributed by atoms with van der Waals surface area (Å²) in [4.78, 5) is 30.5. The highest BCUT2D eigenvalue weighted by atomic mass is 35.5. The van der Waals surface area contributed by atoms with Gasteiger partial charge in [0.1, 0.15) is 11.3 Å². The van der Waals surface area contributed by atoms with E-state index in [4.69, 9.17) is 28.3 Å². The molecule has 1 aliphatic rings. The number of nitrogens with one attached hydrogen (secondary N) is 1. The molecule has 2 N–H and O–H groups in total. The van der Waals surface area contributed by atoms with E-state index in [0.29, 0.717) is 0 Å². The molecule has 2 heterocycles. The largest absolute Gasteiger partial charge is 0.395 e. The molecule has 0 bridgehead atoms. The van der Waals surface area contributed by atoms with Gasteiger partial charge in [-0.3, -0.25) is 14.2 Å². The second-order valence-corrected chi connectivity index (χ2v) is 8.75. The molecule has 0 aliphatic carbocycles. The van der Waals surface area contributed by atoms with Gasteiger partial charge in [0.2, 0.25) is 5.91 Å². The zero-order chi connectivity index (χ0) is 24.6. The third-order valence-electron chi connectivity index (χ3n) is 5.88. The van der Waals surface area contributed by atoms with Crippen LogP contribution < -0.4 is 10.9 Å². The quantitative estimate of drug-likeness (QED) is 0.391. The van der Waals surface area contributed by atoms with Gasteiger partial charge in [0.05, 0.1) is 40.4 Å². The van der Waals surface area contributed by atoms with E-state index in [2.05, 4.69) is 16.9 Å². The lowest BCUT2D eigenvalue weighted by Crippen LogP contribution is -2.41. The Hall–Kier alpha value is -3.01. The van der Waals surface area contributed by atoms with Crippen LogP contribution in [0.15, 0.2) is 48.0 Å². The number of amides is 1. The van der Waals surface area contributed by atoms with Gasteiger partial charge in [-0.15, -0.1) is 0 Å². The van der Waals surface area contributed by atoms with Crippen molar-refractivity contribution < 1.29 is 18.7 Å². The highest BCUT2D eigenvalue weighted by Crippen LogP contribution is 2.43. The summed E-state index contributed by atoms with van der Waals surface area (Å²) in [5.74, 6) is -1.77. The number of benzene rings is 2. The number of carbonyl (C=O) groups is 1. The molecule has 1 fully saturated rings. The molecule has 0 radical (unpaired) electrons. The van der Waals surface area contributed by atoms with Gasteiger partial charge < -0.3 is 15.3 Å². The first-order valence-electron chi connectivity index (χ1n) is 10.3. The minimum absolute atomic E-state index is 0.00369. The SMILES string of the molecule is C=CC(=O)N1CC[C@](Nc2cc(F)c3ncn(CCO)c(=O)c3c2)(c2c(F)ccc(Cl)c2Cl)C1. The topological polar surface area (TPSA) is 87.5 Å². The van der Waals surface area contributed by atoms with E-state index in [9.17, 15) is 14.0 Å². The predicted octanol–water partition coefficient (Wildman–Crippen LogP) is 3.70. The van der Waals surface area contributed by atoms with Gasteiger partial charge in [0, 0.05) is 24.3 Å². The third-order valence-corrected chi connectivity index (χ3v) is 6.69. The molecule has 0 spiro atoms. The van der Waals surface area contributed by atoms with Crippen LogP contribution in [0, 0.1) is 11.6 Å². The molecule has 2 aromatic carbocycles. The Morgan fingerprint density at radius 2 is 2.06 bits per heavy atom. The van der Waals surface area contributed by atoms with Crippen molar-refractivity contribution >= 4 is 45.7 Å². The molecule has 7 nitrogen and oxygen atoms in total. The van der Waals surface area contributed by atoms with Gasteiger partial charge in [0.15, 0.2) is 5.82 Å². The number of anilines is 1. The summed E-state index contributed by atoms with van der Waals surface area (Å²) in [6.07, 6.45) is 2.54. The Bertz CT molecular complexity index is 1360. The molecule has 178 valence electrons. The second-order valence-electron chi connectivity index (χ2n) is 7.96. The monoisotopic (exact) mass is 508 g/mol. The number of carbonyl (C=O) groups excluding carboxylic acids is 1. The fourth-order valence-electron chi connectivity index (χ4n) is 4.30. The van der Waals surface area contributed by atoms with E-state index in [0.717, 1.165) is 23.0 Å². The maximum absolute atomic E-state index is 15.1. The van der Waals surface area contributed by atoms with Crippen molar-refractivity contribution in [1.29, 1.82) is 0 Å². The Morgan fingerprint density at radius 3 is 2.76 bits per heavy atom. The fraction of sp³-hybridized carbons (Fsp3) is 0.261. The average Bonchev–Trinajstić information content (AvgIpc) is 3.23. The zero-order valence-corrected chi connectivity index (χ0v) is 19.3. The molecule has 0 unspecified atom stereocenters. The summed E-state index contributed by atoms with van der Waals surface area (Å²) >= 11 is 12.6. The molecule has 1 aromatic heterocycles. The van der Waals surface area contributed by atoms with Crippen LogP contribution in [0.25, 0.3) is 10.9 Å². The first-order valence-corrected chi connectivity index (χ1v) is 11.1. The van der Waals surface area contributed by atoms with Crippen molar-refractivity contribution in [3.05, 3.63) is 80.8 Å². The molecule has 1 atom stereocenters. The number of rotatable bonds is 6. The summed E-state index contributed by atoms with van der Waals surface area (Å²) in [7, 11) is 0. The molecule has 3 aromatic rings. The van der Waals surface area contributed by atoms with Crippen LogP contribution in [0.5, 0.6) is 0 Å². The van der Waals surface area contributed by atoms with Gasteiger partial charge >= 0.3 is 0 Å². The Morgan fingerprint density at radius 1 is 1.29 bits per heavy atom. The zero-order valence-electron chi connectivity index (χ0n) is 17.8. The summed E-state index contributed by atoms with van der Waals surface area (Å²) in [5.41, 5.74) is -1.76. The Balaban J connectivity index is 1.87. The number of aliphatic hydroxyl groups excluding tert-OH is 1. The highest BCUT2D eigenvalue weighted by Gasteiger charge is 2.44. The molecular formula is C23H20Cl2F2N4O3. The summed E-state index contributed by atoms with van der Waals surface area (Å²) in [5, 5.41) is 12.4. The number of likely N-dealkylation sites (tertiary alicyclic amines) is 1. The first kappa shape index (κ1) is 24.1. The molecular weight excluding hydrogens is 489 g/mol. The van der Waals surface area contributed by atoms with Crippen LogP contribution in [0.3, 0.4) is 0 Å². The van der Waals surface area contributed by atoms with Crippen LogP contribution in [-0.4, -0.2) is 45.2 Å². The molecule has 1 amide bonds. The molecule has 0 saturated carbocycles. The lowest BCUT2D eigenvalue weighted by Gasteiger charge is -2.33. The minimum atomic E-state index is -1.27. The van der Waals surface area contributed by atoms with Gasteiger partial charge in [-0.2, -0.15) is 0 Å². The van der Waals surface area contributed by atoms with Gasteiger partial charge in [-0.25, -0.2) is 13.8 Å². The van der Waals surface area contributed by atoms with E-state index in [1.54, 1.807) is 0 Å². The molecule has 1 aliphatic heterocycles. The maximum Gasteiger partial charge on any atom is 0.261 e. The molecule has 1 saturated heterocycles. The van der Waals surface area contributed by atoms with Crippen molar-refractivity contribution in [2.75, 3.05) is 25.0 Å². The van der Waals surface area contributed by atoms with Crippen LogP contribution in [0.4, 0.5) is 14.5 Å². The van der Waals surface area contributed by atoms with Crippen LogP contribution in [0.1, 0.15) is 12.0 Å². The van der Waals surface area contributed by atoms with Gasteiger partial charge in [-0.05, 0) is 36.8 Å². The van der Waals surface area contributed by atoms with Crippen molar-refractivity contribution in [3.63, 3.8) is 0 Å². The van der Waals surface area contributed by atoms with E-state index in [-0.39, 0.29) is 70.8 Å². The summed E-state index contributed by atoms with van der Waals surface area (Å²) in [6.45, 7) is 3.44. The number of aromatic nitrogens is 2. The smallest absolute Gasteiger partial charge is 0.261 e. The highest BCUT2D eigenvalue weighted by molar-refractivity contribution is 6.42. The standard InChI is InChI=1S/C23H20Cl2F2N4O3/c1-2-18(33)30-6-5-23(11-30,19-16(26)4-3-15(24)20(19)25)29-13-9-14-21(17(27)10-13)28-12-31(7-8-32)22(14)34/h2-4,9-10,12,29,32H,1,5-8,11H2/t23-/m1/s1. The first-order chi connectivity index (χ1) is 16.2. The third kappa shape index (κ3) is 4.15. The van der Waals surface area contributed by atoms with Crippen LogP contribution >= 0.6 is 23.2 Å². The molecule has 34 heavy (non-hydrogen) atoms. The summed E-state index contributed by atoms with van der Waals surface area (Å²) in [6, 6.07) is 5.03.